The van der Waals surface area contributed by atoms with Gasteiger partial charge in [-0.05, 0) is 86.2 Å². The molecule has 4 aromatic rings. The molecule has 3 aromatic carbocycles. The number of carbonyl (C=O) groups excluding carboxylic acids is 1. The SMILES string of the molecule is COc1cc(/C=c2\sc3n(c2=O)[C@@H](c2ccc(SC)cc2)C(C(=O)OC(C)C)=C(C)N=3)ccc1OCc1ccc([N+](=O)[O-])cc1. The van der Waals surface area contributed by atoms with Gasteiger partial charge in [-0.25, -0.2) is 9.79 Å². The number of thiazole rings is 1. The lowest BCUT2D eigenvalue weighted by molar-refractivity contribution is -0.384. The van der Waals surface area contributed by atoms with Crippen molar-refractivity contribution in [3.05, 3.63) is 124 Å². The lowest BCUT2D eigenvalue weighted by atomic mass is 9.96. The number of hydrogen-bond donors (Lipinski definition) is 0. The zero-order valence-electron chi connectivity index (χ0n) is 25.3. The minimum Gasteiger partial charge on any atom is -0.493 e. The number of hydrogen-bond acceptors (Lipinski definition) is 10. The summed E-state index contributed by atoms with van der Waals surface area (Å²) in [5, 5.41) is 10.9. The standard InChI is InChI=1S/C33H31N3O7S2/c1-19(2)43-32(38)29-20(3)34-33-35(30(29)23-9-13-25(44-5)14-10-23)31(37)28(45-33)17-22-8-15-26(27(16-22)41-4)42-18-21-6-11-24(12-7-21)36(39)40/h6-17,19,30H,18H2,1-5H3/b28-17-/t30-/m0/s1. The molecule has 0 aliphatic carbocycles. The van der Waals surface area contributed by atoms with E-state index in [1.54, 1.807) is 73.5 Å². The van der Waals surface area contributed by atoms with Crippen molar-refractivity contribution < 1.29 is 23.9 Å². The van der Waals surface area contributed by atoms with E-state index in [0.717, 1.165) is 16.0 Å². The van der Waals surface area contributed by atoms with Crippen LogP contribution in [0.5, 0.6) is 11.5 Å². The van der Waals surface area contributed by atoms with Crippen LogP contribution >= 0.6 is 23.1 Å². The summed E-state index contributed by atoms with van der Waals surface area (Å²) in [6.45, 7) is 5.51. The maximum absolute atomic E-state index is 14.0. The number of esters is 1. The van der Waals surface area contributed by atoms with Crippen molar-refractivity contribution in [2.75, 3.05) is 13.4 Å². The second-order valence-electron chi connectivity index (χ2n) is 10.4. The van der Waals surface area contributed by atoms with Crippen molar-refractivity contribution in [1.29, 1.82) is 0 Å². The number of rotatable bonds is 10. The molecule has 0 amide bonds. The van der Waals surface area contributed by atoms with E-state index in [2.05, 4.69) is 4.99 Å². The number of nitrogens with zero attached hydrogens (tertiary/aromatic N) is 3. The molecule has 2 heterocycles. The van der Waals surface area contributed by atoms with E-state index in [-0.39, 0.29) is 24.0 Å². The van der Waals surface area contributed by atoms with Crippen LogP contribution in [0.1, 0.15) is 43.5 Å². The summed E-state index contributed by atoms with van der Waals surface area (Å²) < 4.78 is 19.1. The number of nitro benzene ring substituents is 1. The number of fused-ring (bicyclic) bond motifs is 1. The van der Waals surface area contributed by atoms with Crippen LogP contribution in [-0.4, -0.2) is 34.9 Å². The van der Waals surface area contributed by atoms with E-state index in [9.17, 15) is 19.7 Å². The lowest BCUT2D eigenvalue weighted by Gasteiger charge is -2.25. The predicted molar refractivity (Wildman–Crippen MR) is 174 cm³/mol. The van der Waals surface area contributed by atoms with Gasteiger partial charge in [-0.3, -0.25) is 19.5 Å². The maximum Gasteiger partial charge on any atom is 0.338 e. The van der Waals surface area contributed by atoms with E-state index >= 15 is 0 Å². The first-order valence-corrected chi connectivity index (χ1v) is 16.1. The quantitative estimate of drug-likeness (QED) is 0.0972. The molecule has 232 valence electrons. The Morgan fingerprint density at radius 1 is 1.11 bits per heavy atom. The van der Waals surface area contributed by atoms with Crippen LogP contribution in [0, 0.1) is 10.1 Å². The lowest BCUT2D eigenvalue weighted by Crippen LogP contribution is -2.40. The summed E-state index contributed by atoms with van der Waals surface area (Å²) in [6.07, 6.45) is 3.41. The summed E-state index contributed by atoms with van der Waals surface area (Å²) in [4.78, 5) is 44.0. The topological polar surface area (TPSA) is 122 Å². The number of nitro groups is 1. The molecular formula is C33H31N3O7S2. The van der Waals surface area contributed by atoms with Gasteiger partial charge in [0, 0.05) is 17.0 Å². The molecule has 0 N–H and O–H groups in total. The average Bonchev–Trinajstić information content (AvgIpc) is 3.33. The molecule has 0 radical (unpaired) electrons. The van der Waals surface area contributed by atoms with Crippen molar-refractivity contribution in [3.8, 4) is 11.5 Å². The zero-order chi connectivity index (χ0) is 32.2. The molecule has 0 unspecified atom stereocenters. The summed E-state index contributed by atoms with van der Waals surface area (Å²) in [5.41, 5.74) is 2.80. The molecule has 0 spiro atoms. The van der Waals surface area contributed by atoms with Gasteiger partial charge in [-0.2, -0.15) is 0 Å². The number of thioether (sulfide) groups is 1. The number of ether oxygens (including phenoxy) is 3. The van der Waals surface area contributed by atoms with Crippen LogP contribution in [0.4, 0.5) is 5.69 Å². The van der Waals surface area contributed by atoms with Crippen LogP contribution in [0.2, 0.25) is 0 Å². The zero-order valence-corrected chi connectivity index (χ0v) is 26.9. The molecule has 0 fully saturated rings. The second kappa shape index (κ2) is 13.5. The number of allylic oxidation sites excluding steroid dienone is 1. The van der Waals surface area contributed by atoms with Crippen molar-refractivity contribution in [1.82, 2.24) is 4.57 Å². The Morgan fingerprint density at radius 3 is 2.44 bits per heavy atom. The Kier molecular flexibility index (Phi) is 9.54. The van der Waals surface area contributed by atoms with E-state index in [1.165, 1.54) is 30.6 Å². The largest absolute Gasteiger partial charge is 0.493 e. The summed E-state index contributed by atoms with van der Waals surface area (Å²) >= 11 is 2.85. The molecule has 45 heavy (non-hydrogen) atoms. The van der Waals surface area contributed by atoms with Crippen molar-refractivity contribution in [3.63, 3.8) is 0 Å². The highest BCUT2D eigenvalue weighted by Gasteiger charge is 2.33. The van der Waals surface area contributed by atoms with Gasteiger partial charge in [0.1, 0.15) is 6.61 Å². The predicted octanol–water partition coefficient (Wildman–Crippen LogP) is 5.40. The van der Waals surface area contributed by atoms with Gasteiger partial charge < -0.3 is 14.2 Å². The Labute approximate surface area is 267 Å². The van der Waals surface area contributed by atoms with Gasteiger partial charge in [0.05, 0.1) is 40.0 Å². The highest BCUT2D eigenvalue weighted by molar-refractivity contribution is 7.98. The molecule has 1 aliphatic rings. The smallest absolute Gasteiger partial charge is 0.338 e. The van der Waals surface area contributed by atoms with Gasteiger partial charge in [0.2, 0.25) is 0 Å². The first kappa shape index (κ1) is 31.7. The van der Waals surface area contributed by atoms with Gasteiger partial charge in [-0.15, -0.1) is 11.8 Å². The summed E-state index contributed by atoms with van der Waals surface area (Å²) in [5.74, 6) is 0.431. The number of aromatic nitrogens is 1. The Balaban J connectivity index is 1.50. The highest BCUT2D eigenvalue weighted by Crippen LogP contribution is 2.32. The molecule has 0 bridgehead atoms. The number of methoxy groups -OCH3 is 1. The fraction of sp³-hybridized carbons (Fsp3) is 0.242. The van der Waals surface area contributed by atoms with E-state index in [0.29, 0.717) is 37.7 Å². The van der Waals surface area contributed by atoms with Gasteiger partial charge >= 0.3 is 5.97 Å². The minimum atomic E-state index is -0.699. The third-order valence-electron chi connectivity index (χ3n) is 7.04. The third-order valence-corrected chi connectivity index (χ3v) is 8.77. The molecular weight excluding hydrogens is 615 g/mol. The average molecular weight is 646 g/mol. The monoisotopic (exact) mass is 645 g/mol. The molecule has 5 rings (SSSR count). The Morgan fingerprint density at radius 2 is 1.82 bits per heavy atom. The fourth-order valence-corrected chi connectivity index (χ4v) is 6.34. The molecule has 10 nitrogen and oxygen atoms in total. The molecule has 0 saturated carbocycles. The minimum absolute atomic E-state index is 0.00709. The van der Waals surface area contributed by atoms with Gasteiger partial charge in [0.25, 0.3) is 11.2 Å². The molecule has 12 heteroatoms. The van der Waals surface area contributed by atoms with Gasteiger partial charge in [-0.1, -0.05) is 29.5 Å². The van der Waals surface area contributed by atoms with Crippen LogP contribution in [0.3, 0.4) is 0 Å². The summed E-state index contributed by atoms with van der Waals surface area (Å²) in [7, 11) is 1.52. The summed E-state index contributed by atoms with van der Waals surface area (Å²) in [6, 6.07) is 18.5. The second-order valence-corrected chi connectivity index (χ2v) is 12.3. The third kappa shape index (κ3) is 6.86. The molecule has 0 saturated heterocycles. The Bertz CT molecular complexity index is 1960. The number of carbonyl (C=O) groups is 1. The fourth-order valence-electron chi connectivity index (χ4n) is 4.88. The van der Waals surface area contributed by atoms with Gasteiger partial charge in [0.15, 0.2) is 16.3 Å². The van der Waals surface area contributed by atoms with Crippen molar-refractivity contribution in [2.24, 2.45) is 4.99 Å². The van der Waals surface area contributed by atoms with E-state index in [1.807, 2.05) is 30.5 Å². The normalized spacial score (nSPS) is 14.6. The first-order chi connectivity index (χ1) is 21.6. The van der Waals surface area contributed by atoms with Crippen molar-refractivity contribution in [2.45, 2.75) is 44.4 Å². The number of benzene rings is 3. The first-order valence-electron chi connectivity index (χ1n) is 14.0. The maximum atomic E-state index is 14.0. The van der Waals surface area contributed by atoms with E-state index in [4.69, 9.17) is 14.2 Å². The highest BCUT2D eigenvalue weighted by atomic mass is 32.2. The van der Waals surface area contributed by atoms with Crippen LogP contribution in [-0.2, 0) is 16.1 Å². The molecule has 1 atom stereocenters. The van der Waals surface area contributed by atoms with Crippen molar-refractivity contribution >= 4 is 40.8 Å². The molecule has 1 aliphatic heterocycles. The number of non-ortho nitro benzene ring substituents is 1. The molecule has 1 aromatic heterocycles. The van der Waals surface area contributed by atoms with Crippen LogP contribution in [0.15, 0.2) is 92.7 Å². The van der Waals surface area contributed by atoms with E-state index < -0.39 is 16.9 Å². The van der Waals surface area contributed by atoms with Crippen LogP contribution < -0.4 is 24.4 Å². The van der Waals surface area contributed by atoms with Crippen LogP contribution in [0.25, 0.3) is 6.08 Å². The Hall–Kier alpha value is -4.68.